The van der Waals surface area contributed by atoms with Crippen molar-refractivity contribution in [1.82, 2.24) is 25.4 Å². The van der Waals surface area contributed by atoms with Crippen LogP contribution in [0.4, 0.5) is 5.95 Å². The fourth-order valence-electron chi connectivity index (χ4n) is 1.81. The number of hydrogen-bond acceptors (Lipinski definition) is 8. The molecule has 0 radical (unpaired) electrons. The van der Waals surface area contributed by atoms with Crippen LogP contribution in [0.2, 0.25) is 0 Å². The number of nitrogens with one attached hydrogen (secondary N) is 1. The van der Waals surface area contributed by atoms with Crippen LogP contribution < -0.4 is 15.0 Å². The van der Waals surface area contributed by atoms with Crippen molar-refractivity contribution in [2.24, 2.45) is 0 Å². The van der Waals surface area contributed by atoms with E-state index in [4.69, 9.17) is 9.26 Å². The molecule has 2 aromatic heterocycles. The topological polar surface area (TPSA) is 106 Å². The molecule has 0 fully saturated rings. The first-order chi connectivity index (χ1) is 10.4. The maximum Gasteiger partial charge on any atom is 0.321 e. The zero-order chi connectivity index (χ0) is 16.3. The SMILES string of the molecule is COc1nc(CNC(=O)c2c(C)noc2C)nc(N(C)C)n1. The second-order valence-electron chi connectivity index (χ2n) is 4.81. The number of rotatable bonds is 5. The molecule has 0 aliphatic rings. The van der Waals surface area contributed by atoms with E-state index < -0.39 is 0 Å². The maximum absolute atomic E-state index is 12.2. The van der Waals surface area contributed by atoms with Gasteiger partial charge in [0.2, 0.25) is 5.95 Å². The van der Waals surface area contributed by atoms with E-state index >= 15 is 0 Å². The molecule has 1 N–H and O–H groups in total. The summed E-state index contributed by atoms with van der Waals surface area (Å²) in [7, 11) is 5.09. The summed E-state index contributed by atoms with van der Waals surface area (Å²) in [4.78, 5) is 26.4. The third-order valence-electron chi connectivity index (χ3n) is 2.90. The van der Waals surface area contributed by atoms with Gasteiger partial charge in [-0.2, -0.15) is 15.0 Å². The smallest absolute Gasteiger partial charge is 0.321 e. The van der Waals surface area contributed by atoms with Crippen molar-refractivity contribution in [3.63, 3.8) is 0 Å². The van der Waals surface area contributed by atoms with Crippen LogP contribution in [0, 0.1) is 13.8 Å². The minimum atomic E-state index is -0.290. The lowest BCUT2D eigenvalue weighted by Crippen LogP contribution is -2.26. The Labute approximate surface area is 127 Å². The molecule has 2 aromatic rings. The Morgan fingerprint density at radius 3 is 2.55 bits per heavy atom. The quantitative estimate of drug-likeness (QED) is 0.850. The second-order valence-corrected chi connectivity index (χ2v) is 4.81. The molecular weight excluding hydrogens is 288 g/mol. The highest BCUT2D eigenvalue weighted by atomic mass is 16.5. The van der Waals surface area contributed by atoms with E-state index in [-0.39, 0.29) is 18.5 Å². The number of nitrogens with zero attached hydrogens (tertiary/aromatic N) is 5. The Bertz CT molecular complexity index is 663. The van der Waals surface area contributed by atoms with Crippen molar-refractivity contribution in [2.45, 2.75) is 20.4 Å². The van der Waals surface area contributed by atoms with Crippen molar-refractivity contribution in [3.05, 3.63) is 22.8 Å². The molecule has 0 bridgehead atoms. The average Bonchev–Trinajstić information content (AvgIpc) is 2.83. The zero-order valence-electron chi connectivity index (χ0n) is 13.2. The summed E-state index contributed by atoms with van der Waals surface area (Å²) in [6.07, 6.45) is 0. The van der Waals surface area contributed by atoms with Gasteiger partial charge in [-0.05, 0) is 13.8 Å². The summed E-state index contributed by atoms with van der Waals surface area (Å²) in [5, 5.41) is 6.49. The average molecular weight is 306 g/mol. The predicted octanol–water partition coefficient (Wildman–Crippen LogP) is 0.481. The van der Waals surface area contributed by atoms with Gasteiger partial charge in [-0.25, -0.2) is 0 Å². The molecule has 0 aromatic carbocycles. The van der Waals surface area contributed by atoms with Gasteiger partial charge in [-0.1, -0.05) is 5.16 Å². The third-order valence-corrected chi connectivity index (χ3v) is 2.90. The highest BCUT2D eigenvalue weighted by molar-refractivity contribution is 5.95. The van der Waals surface area contributed by atoms with Gasteiger partial charge in [0.05, 0.1) is 19.3 Å². The van der Waals surface area contributed by atoms with Gasteiger partial charge in [-0.3, -0.25) is 4.79 Å². The standard InChI is InChI=1S/C13H18N6O3/c1-7-10(8(2)22-18-7)11(20)14-6-9-15-12(19(3)4)17-13(16-9)21-5/h6H2,1-5H3,(H,14,20). The number of ether oxygens (including phenoxy) is 1. The summed E-state index contributed by atoms with van der Waals surface area (Å²) < 4.78 is 10.0. The number of aryl methyl sites for hydroxylation is 2. The molecule has 0 spiro atoms. The van der Waals surface area contributed by atoms with Crippen LogP contribution in [-0.4, -0.2) is 47.2 Å². The monoisotopic (exact) mass is 306 g/mol. The van der Waals surface area contributed by atoms with Crippen LogP contribution >= 0.6 is 0 Å². The van der Waals surface area contributed by atoms with Crippen LogP contribution in [0.15, 0.2) is 4.52 Å². The summed E-state index contributed by atoms with van der Waals surface area (Å²) in [6, 6.07) is 0.195. The van der Waals surface area contributed by atoms with Crippen molar-refractivity contribution in [3.8, 4) is 6.01 Å². The van der Waals surface area contributed by atoms with Gasteiger partial charge in [0, 0.05) is 14.1 Å². The molecule has 0 atom stereocenters. The maximum atomic E-state index is 12.2. The predicted molar refractivity (Wildman–Crippen MR) is 77.9 cm³/mol. The normalized spacial score (nSPS) is 10.4. The van der Waals surface area contributed by atoms with E-state index in [1.807, 2.05) is 0 Å². The first kappa shape index (κ1) is 15.7. The number of methoxy groups -OCH3 is 1. The summed E-state index contributed by atoms with van der Waals surface area (Å²) in [6.45, 7) is 3.54. The molecule has 118 valence electrons. The van der Waals surface area contributed by atoms with E-state index in [1.165, 1.54) is 7.11 Å². The molecule has 9 nitrogen and oxygen atoms in total. The number of carbonyl (C=O) groups is 1. The van der Waals surface area contributed by atoms with E-state index in [9.17, 15) is 4.79 Å². The Balaban J connectivity index is 2.14. The summed E-state index contributed by atoms with van der Waals surface area (Å²) in [5.74, 6) is 1.03. The Morgan fingerprint density at radius 1 is 1.27 bits per heavy atom. The molecule has 0 saturated heterocycles. The van der Waals surface area contributed by atoms with Gasteiger partial charge in [0.15, 0.2) is 5.82 Å². The second kappa shape index (κ2) is 6.37. The van der Waals surface area contributed by atoms with Crippen LogP contribution in [0.1, 0.15) is 27.6 Å². The lowest BCUT2D eigenvalue weighted by atomic mass is 10.2. The van der Waals surface area contributed by atoms with E-state index in [0.29, 0.717) is 28.8 Å². The number of carbonyl (C=O) groups excluding carboxylic acids is 1. The molecule has 0 aliphatic carbocycles. The van der Waals surface area contributed by atoms with Crippen molar-refractivity contribution in [1.29, 1.82) is 0 Å². The molecule has 0 unspecified atom stereocenters. The van der Waals surface area contributed by atoms with Gasteiger partial charge in [0.25, 0.3) is 5.91 Å². The molecule has 2 heterocycles. The third kappa shape index (κ3) is 3.30. The molecule has 0 aliphatic heterocycles. The van der Waals surface area contributed by atoms with Gasteiger partial charge in [-0.15, -0.1) is 0 Å². The fourth-order valence-corrected chi connectivity index (χ4v) is 1.81. The first-order valence-electron chi connectivity index (χ1n) is 6.59. The zero-order valence-corrected chi connectivity index (χ0v) is 13.2. The summed E-state index contributed by atoms with van der Waals surface area (Å²) >= 11 is 0. The van der Waals surface area contributed by atoms with Gasteiger partial charge < -0.3 is 19.5 Å². The Hall–Kier alpha value is -2.71. The van der Waals surface area contributed by atoms with Gasteiger partial charge >= 0.3 is 6.01 Å². The largest absolute Gasteiger partial charge is 0.467 e. The van der Waals surface area contributed by atoms with Crippen LogP contribution in [0.5, 0.6) is 6.01 Å². The van der Waals surface area contributed by atoms with Crippen molar-refractivity contribution in [2.75, 3.05) is 26.1 Å². The summed E-state index contributed by atoms with van der Waals surface area (Å²) in [5.41, 5.74) is 0.964. The first-order valence-corrected chi connectivity index (χ1v) is 6.59. The highest BCUT2D eigenvalue weighted by Crippen LogP contribution is 2.13. The molecule has 0 saturated carbocycles. The Morgan fingerprint density at radius 2 is 2.00 bits per heavy atom. The molecule has 1 amide bonds. The van der Waals surface area contributed by atoms with Crippen LogP contribution in [0.25, 0.3) is 0 Å². The van der Waals surface area contributed by atoms with E-state index in [1.54, 1.807) is 32.8 Å². The molecular formula is C13H18N6O3. The number of aromatic nitrogens is 4. The van der Waals surface area contributed by atoms with Crippen molar-refractivity contribution < 1.29 is 14.1 Å². The lowest BCUT2D eigenvalue weighted by molar-refractivity contribution is 0.0947. The van der Waals surface area contributed by atoms with E-state index in [0.717, 1.165) is 0 Å². The molecule has 9 heteroatoms. The number of anilines is 1. The Kier molecular flexibility index (Phi) is 4.54. The lowest BCUT2D eigenvalue weighted by Gasteiger charge is -2.12. The fraction of sp³-hybridized carbons (Fsp3) is 0.462. The highest BCUT2D eigenvalue weighted by Gasteiger charge is 2.18. The van der Waals surface area contributed by atoms with Gasteiger partial charge in [0.1, 0.15) is 11.3 Å². The van der Waals surface area contributed by atoms with Crippen molar-refractivity contribution >= 4 is 11.9 Å². The van der Waals surface area contributed by atoms with Crippen LogP contribution in [0.3, 0.4) is 0 Å². The number of hydrogen-bond donors (Lipinski definition) is 1. The molecule has 22 heavy (non-hydrogen) atoms. The number of amides is 1. The molecule has 2 rings (SSSR count). The minimum Gasteiger partial charge on any atom is -0.467 e. The van der Waals surface area contributed by atoms with E-state index in [2.05, 4.69) is 25.4 Å². The van der Waals surface area contributed by atoms with Crippen LogP contribution in [-0.2, 0) is 6.54 Å². The minimum absolute atomic E-state index is 0.141.